The number of thioether (sulfide) groups is 1. The molecule has 0 spiro atoms. The summed E-state index contributed by atoms with van der Waals surface area (Å²) >= 11 is 1.85. The van der Waals surface area contributed by atoms with E-state index in [0.29, 0.717) is 17.0 Å². The standard InChI is InChI=1S/C11H18N4OS/c1-3-4-9-7-13-11(17-9)12-6-5-10-14-8(2)15-16-10/h9H,3-7H2,1-2H3,(H,12,13). The molecule has 6 heteroatoms. The Kier molecular flexibility index (Phi) is 4.42. The van der Waals surface area contributed by atoms with Gasteiger partial charge in [-0.25, -0.2) is 0 Å². The van der Waals surface area contributed by atoms with Gasteiger partial charge in [0, 0.05) is 18.2 Å². The lowest BCUT2D eigenvalue weighted by Crippen LogP contribution is -2.22. The number of amidine groups is 1. The third-order valence-electron chi connectivity index (χ3n) is 2.51. The Hall–Kier alpha value is -1.04. The predicted molar refractivity (Wildman–Crippen MR) is 69.3 cm³/mol. The Balaban J connectivity index is 1.66. The number of rotatable bonds is 5. The Morgan fingerprint density at radius 3 is 3.12 bits per heavy atom. The first kappa shape index (κ1) is 12.4. The van der Waals surface area contributed by atoms with Crippen LogP contribution in [0.2, 0.25) is 0 Å². The lowest BCUT2D eigenvalue weighted by Gasteiger charge is -2.06. The summed E-state index contributed by atoms with van der Waals surface area (Å²) < 4.78 is 5.04. The molecule has 1 unspecified atom stereocenters. The predicted octanol–water partition coefficient (Wildman–Crippen LogP) is 1.78. The summed E-state index contributed by atoms with van der Waals surface area (Å²) in [4.78, 5) is 8.63. The highest BCUT2D eigenvalue weighted by Gasteiger charge is 2.18. The fraction of sp³-hybridized carbons (Fsp3) is 0.727. The lowest BCUT2D eigenvalue weighted by atomic mass is 10.2. The van der Waals surface area contributed by atoms with E-state index in [1.165, 1.54) is 12.8 Å². The van der Waals surface area contributed by atoms with Crippen molar-refractivity contribution in [2.45, 2.75) is 38.4 Å². The molecule has 0 bridgehead atoms. The molecule has 94 valence electrons. The Morgan fingerprint density at radius 1 is 1.53 bits per heavy atom. The van der Waals surface area contributed by atoms with Crippen molar-refractivity contribution in [1.82, 2.24) is 15.5 Å². The highest BCUT2D eigenvalue weighted by molar-refractivity contribution is 8.14. The molecule has 2 heterocycles. The average molecular weight is 254 g/mol. The molecule has 17 heavy (non-hydrogen) atoms. The van der Waals surface area contributed by atoms with Crippen LogP contribution < -0.4 is 5.32 Å². The molecule has 0 amide bonds. The molecule has 2 rings (SSSR count). The van der Waals surface area contributed by atoms with Crippen molar-refractivity contribution >= 4 is 16.9 Å². The summed E-state index contributed by atoms with van der Waals surface area (Å²) in [5.74, 6) is 1.37. The van der Waals surface area contributed by atoms with E-state index < -0.39 is 0 Å². The van der Waals surface area contributed by atoms with Gasteiger partial charge in [-0.2, -0.15) is 4.98 Å². The molecule has 0 radical (unpaired) electrons. The minimum Gasteiger partial charge on any atom is -0.364 e. The van der Waals surface area contributed by atoms with E-state index in [2.05, 4.69) is 27.4 Å². The third kappa shape index (κ3) is 3.73. The minimum atomic E-state index is 0.660. The van der Waals surface area contributed by atoms with Crippen LogP contribution in [0.3, 0.4) is 0 Å². The quantitative estimate of drug-likeness (QED) is 0.867. The van der Waals surface area contributed by atoms with Gasteiger partial charge in [0.05, 0.1) is 6.54 Å². The maximum atomic E-state index is 5.04. The zero-order valence-electron chi connectivity index (χ0n) is 10.3. The second-order valence-corrected chi connectivity index (χ2v) is 5.38. The maximum Gasteiger partial charge on any atom is 0.228 e. The number of hydrogen-bond donors (Lipinski definition) is 1. The van der Waals surface area contributed by atoms with Crippen molar-refractivity contribution in [2.75, 3.05) is 13.1 Å². The molecule has 5 nitrogen and oxygen atoms in total. The molecule has 0 aromatic carbocycles. The molecular formula is C11H18N4OS. The van der Waals surface area contributed by atoms with Crippen molar-refractivity contribution in [3.8, 4) is 0 Å². The molecular weight excluding hydrogens is 236 g/mol. The highest BCUT2D eigenvalue weighted by Crippen LogP contribution is 2.23. The largest absolute Gasteiger partial charge is 0.364 e. The van der Waals surface area contributed by atoms with Crippen molar-refractivity contribution in [1.29, 1.82) is 0 Å². The molecule has 1 aliphatic rings. The van der Waals surface area contributed by atoms with Gasteiger partial charge >= 0.3 is 0 Å². The zero-order chi connectivity index (χ0) is 12.1. The smallest absolute Gasteiger partial charge is 0.228 e. The Labute approximate surface area is 105 Å². The first-order valence-electron chi connectivity index (χ1n) is 6.02. The molecule has 1 aromatic heterocycles. The van der Waals surface area contributed by atoms with E-state index in [4.69, 9.17) is 4.52 Å². The van der Waals surface area contributed by atoms with Gasteiger partial charge in [-0.05, 0) is 13.3 Å². The fourth-order valence-electron chi connectivity index (χ4n) is 1.70. The molecule has 0 saturated heterocycles. The average Bonchev–Trinajstić information content (AvgIpc) is 2.89. The molecule has 1 N–H and O–H groups in total. The molecule has 0 fully saturated rings. The third-order valence-corrected chi connectivity index (χ3v) is 3.73. The second kappa shape index (κ2) is 6.05. The number of nitrogens with zero attached hydrogens (tertiary/aromatic N) is 3. The van der Waals surface area contributed by atoms with Gasteiger partial charge in [-0.3, -0.25) is 4.99 Å². The number of aromatic nitrogens is 2. The van der Waals surface area contributed by atoms with Crippen LogP contribution in [-0.4, -0.2) is 33.6 Å². The van der Waals surface area contributed by atoms with Crippen LogP contribution >= 0.6 is 11.8 Å². The van der Waals surface area contributed by atoms with E-state index in [-0.39, 0.29) is 0 Å². The second-order valence-electron chi connectivity index (χ2n) is 4.09. The zero-order valence-corrected chi connectivity index (χ0v) is 11.1. The monoisotopic (exact) mass is 254 g/mol. The summed E-state index contributed by atoms with van der Waals surface area (Å²) in [7, 11) is 0. The normalized spacial score (nSPS) is 19.4. The first-order chi connectivity index (χ1) is 8.28. The Bertz CT molecular complexity index is 391. The van der Waals surface area contributed by atoms with Gasteiger partial charge in [0.25, 0.3) is 0 Å². The van der Waals surface area contributed by atoms with E-state index in [9.17, 15) is 0 Å². The summed E-state index contributed by atoms with van der Waals surface area (Å²) in [5, 5.41) is 8.78. The van der Waals surface area contributed by atoms with Crippen molar-refractivity contribution < 1.29 is 4.52 Å². The lowest BCUT2D eigenvalue weighted by molar-refractivity contribution is 0.375. The topological polar surface area (TPSA) is 63.3 Å². The minimum absolute atomic E-state index is 0.660. The van der Waals surface area contributed by atoms with E-state index in [0.717, 1.165) is 24.7 Å². The molecule has 1 aliphatic heterocycles. The highest BCUT2D eigenvalue weighted by atomic mass is 32.2. The molecule has 0 saturated carbocycles. The van der Waals surface area contributed by atoms with Crippen LogP contribution in [0.15, 0.2) is 9.52 Å². The van der Waals surface area contributed by atoms with Crippen LogP contribution in [0, 0.1) is 6.92 Å². The van der Waals surface area contributed by atoms with Crippen LogP contribution in [0.25, 0.3) is 0 Å². The summed E-state index contributed by atoms with van der Waals surface area (Å²) in [5.41, 5.74) is 0. The van der Waals surface area contributed by atoms with Gasteiger partial charge in [0.2, 0.25) is 5.89 Å². The van der Waals surface area contributed by atoms with Crippen LogP contribution in [0.1, 0.15) is 31.5 Å². The van der Waals surface area contributed by atoms with Crippen LogP contribution in [0.5, 0.6) is 0 Å². The van der Waals surface area contributed by atoms with Crippen LogP contribution in [-0.2, 0) is 6.42 Å². The van der Waals surface area contributed by atoms with Gasteiger partial charge in [-0.15, -0.1) is 0 Å². The van der Waals surface area contributed by atoms with Gasteiger partial charge in [-0.1, -0.05) is 30.3 Å². The van der Waals surface area contributed by atoms with Crippen molar-refractivity contribution in [2.24, 2.45) is 4.99 Å². The number of aliphatic imine (C=N–C) groups is 1. The summed E-state index contributed by atoms with van der Waals surface area (Å²) in [6.45, 7) is 5.78. The van der Waals surface area contributed by atoms with Crippen molar-refractivity contribution in [3.63, 3.8) is 0 Å². The van der Waals surface area contributed by atoms with E-state index >= 15 is 0 Å². The number of hydrogen-bond acceptors (Lipinski definition) is 6. The van der Waals surface area contributed by atoms with Crippen LogP contribution in [0.4, 0.5) is 0 Å². The van der Waals surface area contributed by atoms with E-state index in [1.54, 1.807) is 0 Å². The Morgan fingerprint density at radius 2 is 2.41 bits per heavy atom. The fourth-order valence-corrected chi connectivity index (χ4v) is 2.86. The van der Waals surface area contributed by atoms with Gasteiger partial charge < -0.3 is 9.84 Å². The van der Waals surface area contributed by atoms with Crippen molar-refractivity contribution in [3.05, 3.63) is 11.7 Å². The summed E-state index contributed by atoms with van der Waals surface area (Å²) in [6.07, 6.45) is 3.21. The maximum absolute atomic E-state index is 5.04. The summed E-state index contributed by atoms with van der Waals surface area (Å²) in [6, 6.07) is 0. The molecule has 1 aromatic rings. The number of nitrogens with one attached hydrogen (secondary N) is 1. The molecule has 0 aliphatic carbocycles. The van der Waals surface area contributed by atoms with Gasteiger partial charge in [0.1, 0.15) is 0 Å². The molecule has 1 atom stereocenters. The first-order valence-corrected chi connectivity index (χ1v) is 6.90. The number of aryl methyl sites for hydroxylation is 1. The van der Waals surface area contributed by atoms with E-state index in [1.807, 2.05) is 18.7 Å². The SMILES string of the molecule is CCCC1CN=C(NCCc2nc(C)no2)S1. The van der Waals surface area contributed by atoms with Gasteiger partial charge in [0.15, 0.2) is 11.0 Å².